The van der Waals surface area contributed by atoms with Crippen molar-refractivity contribution in [3.8, 4) is 5.75 Å². The lowest BCUT2D eigenvalue weighted by Crippen LogP contribution is -2.26. The zero-order chi connectivity index (χ0) is 14.7. The van der Waals surface area contributed by atoms with Gasteiger partial charge in [0, 0.05) is 23.4 Å². The summed E-state index contributed by atoms with van der Waals surface area (Å²) < 4.78 is 5.20. The van der Waals surface area contributed by atoms with Crippen LogP contribution in [-0.2, 0) is 0 Å². The molecule has 0 aromatic heterocycles. The van der Waals surface area contributed by atoms with Crippen molar-refractivity contribution in [1.82, 2.24) is 0 Å². The van der Waals surface area contributed by atoms with Crippen LogP contribution in [0.25, 0.3) is 0 Å². The van der Waals surface area contributed by atoms with Crippen molar-refractivity contribution in [3.05, 3.63) is 53.1 Å². The summed E-state index contributed by atoms with van der Waals surface area (Å²) in [6, 6.07) is 12.0. The molecule has 2 aromatic carbocycles. The van der Waals surface area contributed by atoms with Crippen molar-refractivity contribution in [2.45, 2.75) is 0 Å². The number of hydrogen-bond acceptors (Lipinski definition) is 3. The summed E-state index contributed by atoms with van der Waals surface area (Å²) in [5.74, 6) is 0.288. The highest BCUT2D eigenvalue weighted by molar-refractivity contribution is 6.31. The maximum Gasteiger partial charge on any atom is 0.261 e. The summed E-state index contributed by atoms with van der Waals surface area (Å²) in [6.45, 7) is 0. The number of anilines is 2. The topological polar surface area (TPSA) is 55.6 Å². The van der Waals surface area contributed by atoms with Gasteiger partial charge in [-0.3, -0.25) is 4.79 Å². The van der Waals surface area contributed by atoms with E-state index in [-0.39, 0.29) is 5.91 Å². The van der Waals surface area contributed by atoms with E-state index in [1.165, 1.54) is 12.0 Å². The lowest BCUT2D eigenvalue weighted by Gasteiger charge is -2.19. The van der Waals surface area contributed by atoms with Crippen LogP contribution in [0.4, 0.5) is 11.4 Å². The number of benzene rings is 2. The molecule has 104 valence electrons. The Morgan fingerprint density at radius 2 is 1.85 bits per heavy atom. The van der Waals surface area contributed by atoms with E-state index in [9.17, 15) is 4.79 Å². The molecule has 0 bridgehead atoms. The standard InChI is InChI=1S/C15H15ClN2O2/c1-18(12-6-4-11(17)5-7-12)15(19)13-9-10(16)3-8-14(13)20-2/h3-9H,17H2,1-2H3. The number of hydrogen-bond donors (Lipinski definition) is 1. The summed E-state index contributed by atoms with van der Waals surface area (Å²) in [5, 5.41) is 0.486. The number of rotatable bonds is 3. The number of nitrogens with zero attached hydrogens (tertiary/aromatic N) is 1. The average molecular weight is 291 g/mol. The maximum atomic E-state index is 12.5. The van der Waals surface area contributed by atoms with E-state index in [4.69, 9.17) is 22.1 Å². The second-order valence-electron chi connectivity index (χ2n) is 4.30. The van der Waals surface area contributed by atoms with Crippen molar-refractivity contribution in [2.24, 2.45) is 0 Å². The number of nitrogens with two attached hydrogens (primary N) is 1. The predicted molar refractivity (Wildman–Crippen MR) is 81.6 cm³/mol. The normalized spacial score (nSPS) is 10.2. The minimum Gasteiger partial charge on any atom is -0.496 e. The SMILES string of the molecule is COc1ccc(Cl)cc1C(=O)N(C)c1ccc(N)cc1. The third kappa shape index (κ3) is 2.86. The van der Waals surface area contributed by atoms with Gasteiger partial charge in [0.1, 0.15) is 5.75 Å². The number of carbonyl (C=O) groups excluding carboxylic acids is 1. The summed E-state index contributed by atoms with van der Waals surface area (Å²) in [7, 11) is 3.21. The van der Waals surface area contributed by atoms with Gasteiger partial charge in [0.05, 0.1) is 12.7 Å². The summed E-state index contributed by atoms with van der Waals surface area (Å²) in [6.07, 6.45) is 0. The van der Waals surface area contributed by atoms with Crippen LogP contribution in [0.2, 0.25) is 5.02 Å². The van der Waals surface area contributed by atoms with Gasteiger partial charge in [-0.15, -0.1) is 0 Å². The highest BCUT2D eigenvalue weighted by atomic mass is 35.5. The Bertz CT molecular complexity index is 626. The molecule has 0 aliphatic carbocycles. The number of halogens is 1. The molecule has 0 saturated heterocycles. The van der Waals surface area contributed by atoms with Gasteiger partial charge in [0.2, 0.25) is 0 Å². The Morgan fingerprint density at radius 1 is 1.20 bits per heavy atom. The van der Waals surface area contributed by atoms with Crippen LogP contribution in [0.3, 0.4) is 0 Å². The number of methoxy groups -OCH3 is 1. The molecule has 0 fully saturated rings. The van der Waals surface area contributed by atoms with Crippen LogP contribution < -0.4 is 15.4 Å². The lowest BCUT2D eigenvalue weighted by molar-refractivity contribution is 0.0990. The van der Waals surface area contributed by atoms with Crippen molar-refractivity contribution < 1.29 is 9.53 Å². The van der Waals surface area contributed by atoms with E-state index in [0.29, 0.717) is 22.0 Å². The van der Waals surface area contributed by atoms with Crippen LogP contribution >= 0.6 is 11.6 Å². The van der Waals surface area contributed by atoms with Crippen molar-refractivity contribution in [3.63, 3.8) is 0 Å². The third-order valence-corrected chi connectivity index (χ3v) is 3.21. The first-order chi connectivity index (χ1) is 9.52. The van der Waals surface area contributed by atoms with E-state index in [1.807, 2.05) is 0 Å². The van der Waals surface area contributed by atoms with E-state index >= 15 is 0 Å². The highest BCUT2D eigenvalue weighted by Gasteiger charge is 2.18. The Morgan fingerprint density at radius 3 is 2.45 bits per heavy atom. The van der Waals surface area contributed by atoms with E-state index in [2.05, 4.69) is 0 Å². The van der Waals surface area contributed by atoms with Gasteiger partial charge in [0.15, 0.2) is 0 Å². The Hall–Kier alpha value is -2.20. The average Bonchev–Trinajstić information content (AvgIpc) is 2.46. The van der Waals surface area contributed by atoms with Crippen molar-refractivity contribution in [2.75, 3.05) is 24.8 Å². The van der Waals surface area contributed by atoms with Crippen LogP contribution in [-0.4, -0.2) is 20.1 Å². The highest BCUT2D eigenvalue weighted by Crippen LogP contribution is 2.26. The van der Waals surface area contributed by atoms with Crippen LogP contribution in [0.1, 0.15) is 10.4 Å². The summed E-state index contributed by atoms with van der Waals surface area (Å²) in [5.41, 5.74) is 7.44. The van der Waals surface area contributed by atoms with Gasteiger partial charge < -0.3 is 15.4 Å². The minimum atomic E-state index is -0.200. The monoisotopic (exact) mass is 290 g/mol. The molecule has 0 spiro atoms. The molecule has 5 heteroatoms. The second-order valence-corrected chi connectivity index (χ2v) is 4.74. The molecule has 2 aromatic rings. The molecule has 2 N–H and O–H groups in total. The zero-order valence-electron chi connectivity index (χ0n) is 11.3. The fourth-order valence-electron chi connectivity index (χ4n) is 1.84. The molecular weight excluding hydrogens is 276 g/mol. The van der Waals surface area contributed by atoms with Crippen molar-refractivity contribution >= 4 is 28.9 Å². The van der Waals surface area contributed by atoms with Gasteiger partial charge in [-0.25, -0.2) is 0 Å². The molecule has 0 unspecified atom stereocenters. The smallest absolute Gasteiger partial charge is 0.261 e. The first kappa shape index (κ1) is 14.2. The lowest BCUT2D eigenvalue weighted by atomic mass is 10.1. The molecule has 0 aliphatic rings. The molecular formula is C15H15ClN2O2. The van der Waals surface area contributed by atoms with E-state index in [0.717, 1.165) is 5.69 Å². The Kier molecular flexibility index (Phi) is 4.15. The summed E-state index contributed by atoms with van der Waals surface area (Å²) >= 11 is 5.95. The largest absolute Gasteiger partial charge is 0.496 e. The minimum absolute atomic E-state index is 0.200. The first-order valence-corrected chi connectivity index (χ1v) is 6.38. The number of amides is 1. The second kappa shape index (κ2) is 5.84. The Balaban J connectivity index is 2.35. The molecule has 0 radical (unpaired) electrons. The van der Waals surface area contributed by atoms with E-state index in [1.54, 1.807) is 49.5 Å². The molecule has 0 atom stereocenters. The van der Waals surface area contributed by atoms with E-state index < -0.39 is 0 Å². The van der Waals surface area contributed by atoms with Gasteiger partial charge in [-0.2, -0.15) is 0 Å². The van der Waals surface area contributed by atoms with Gasteiger partial charge in [-0.05, 0) is 42.5 Å². The Labute approximate surface area is 122 Å². The molecule has 0 saturated carbocycles. The maximum absolute atomic E-state index is 12.5. The third-order valence-electron chi connectivity index (χ3n) is 2.98. The molecule has 2 rings (SSSR count). The fraction of sp³-hybridized carbons (Fsp3) is 0.133. The number of carbonyl (C=O) groups is 1. The molecule has 0 heterocycles. The van der Waals surface area contributed by atoms with Crippen LogP contribution in [0.5, 0.6) is 5.75 Å². The summed E-state index contributed by atoms with van der Waals surface area (Å²) in [4.78, 5) is 14.0. The van der Waals surface area contributed by atoms with Gasteiger partial charge in [0.25, 0.3) is 5.91 Å². The molecule has 20 heavy (non-hydrogen) atoms. The van der Waals surface area contributed by atoms with Crippen molar-refractivity contribution in [1.29, 1.82) is 0 Å². The van der Waals surface area contributed by atoms with Crippen LogP contribution in [0, 0.1) is 0 Å². The van der Waals surface area contributed by atoms with Gasteiger partial charge >= 0.3 is 0 Å². The molecule has 4 nitrogen and oxygen atoms in total. The zero-order valence-corrected chi connectivity index (χ0v) is 12.0. The number of nitrogen functional groups attached to an aromatic ring is 1. The first-order valence-electron chi connectivity index (χ1n) is 6.00. The molecule has 0 aliphatic heterocycles. The fourth-order valence-corrected chi connectivity index (χ4v) is 2.02. The number of ether oxygens (including phenoxy) is 1. The molecule has 1 amide bonds. The van der Waals surface area contributed by atoms with Crippen LogP contribution in [0.15, 0.2) is 42.5 Å². The quantitative estimate of drug-likeness (QED) is 0.883. The predicted octanol–water partition coefficient (Wildman–Crippen LogP) is 3.21. The van der Waals surface area contributed by atoms with Gasteiger partial charge in [-0.1, -0.05) is 11.6 Å².